The van der Waals surface area contributed by atoms with E-state index in [-0.39, 0.29) is 16.3 Å². The highest BCUT2D eigenvalue weighted by Gasteiger charge is 2.19. The molecule has 9 heteroatoms. The van der Waals surface area contributed by atoms with Crippen molar-refractivity contribution in [1.29, 1.82) is 0 Å². The normalized spacial score (nSPS) is 12.3. The van der Waals surface area contributed by atoms with Gasteiger partial charge in [-0.2, -0.15) is 0 Å². The molecule has 32 heavy (non-hydrogen) atoms. The van der Waals surface area contributed by atoms with Crippen molar-refractivity contribution in [3.05, 3.63) is 95.1 Å². The fourth-order valence-electron chi connectivity index (χ4n) is 3.37. The summed E-state index contributed by atoms with van der Waals surface area (Å²) < 4.78 is 54.9. The standard InChI is InChI=1S/C23H21ClN2O4S2/c1-17-2-8-22(9-3-17)32(29,30)26-15-13-19-5-4-18(16-23(19)26)12-14-25-31(27,28)21-10-6-20(24)7-11-21/h2-11,13,15-16,25H,12,14H2,1H3. The molecule has 3 aromatic carbocycles. The highest BCUT2D eigenvalue weighted by atomic mass is 35.5. The number of halogens is 1. The maximum absolute atomic E-state index is 13.1. The van der Waals surface area contributed by atoms with E-state index >= 15 is 0 Å². The van der Waals surface area contributed by atoms with Crippen molar-refractivity contribution in [2.75, 3.05) is 6.54 Å². The van der Waals surface area contributed by atoms with Gasteiger partial charge in [-0.1, -0.05) is 41.4 Å². The smallest absolute Gasteiger partial charge is 0.241 e. The predicted molar refractivity (Wildman–Crippen MR) is 126 cm³/mol. The first-order valence-electron chi connectivity index (χ1n) is 9.84. The predicted octanol–water partition coefficient (Wildman–Crippen LogP) is 4.36. The van der Waals surface area contributed by atoms with Gasteiger partial charge in [0.05, 0.1) is 15.3 Å². The molecule has 0 bridgehead atoms. The van der Waals surface area contributed by atoms with Crippen LogP contribution in [0.15, 0.2) is 88.8 Å². The molecular formula is C23H21ClN2O4S2. The fraction of sp³-hybridized carbons (Fsp3) is 0.130. The molecule has 0 unspecified atom stereocenters. The summed E-state index contributed by atoms with van der Waals surface area (Å²) in [7, 11) is -7.40. The first kappa shape index (κ1) is 22.5. The van der Waals surface area contributed by atoms with Gasteiger partial charge in [-0.05, 0) is 67.4 Å². The molecule has 0 spiro atoms. The zero-order valence-corrected chi connectivity index (χ0v) is 19.6. The minimum Gasteiger partial charge on any atom is -0.241 e. The van der Waals surface area contributed by atoms with Crippen molar-refractivity contribution in [3.63, 3.8) is 0 Å². The average Bonchev–Trinajstić information content (AvgIpc) is 3.18. The Bertz CT molecular complexity index is 1480. The Labute approximate surface area is 192 Å². The summed E-state index contributed by atoms with van der Waals surface area (Å²) in [5.74, 6) is 0. The third-order valence-electron chi connectivity index (χ3n) is 5.13. The number of fused-ring (bicyclic) bond motifs is 1. The fourth-order valence-corrected chi connectivity index (χ4v) is 5.87. The molecule has 0 aliphatic rings. The number of sulfonamides is 1. The SMILES string of the molecule is Cc1ccc(S(=O)(=O)n2ccc3ccc(CCNS(=O)(=O)c4ccc(Cl)cc4)cc32)cc1. The van der Waals surface area contributed by atoms with Crippen LogP contribution in [0.4, 0.5) is 0 Å². The summed E-state index contributed by atoms with van der Waals surface area (Å²) in [6, 6.07) is 19.8. The number of aryl methyl sites for hydroxylation is 1. The average molecular weight is 489 g/mol. The third kappa shape index (κ3) is 4.59. The molecule has 166 valence electrons. The monoisotopic (exact) mass is 488 g/mol. The quantitative estimate of drug-likeness (QED) is 0.419. The Hall–Kier alpha value is -2.65. The summed E-state index contributed by atoms with van der Waals surface area (Å²) in [5.41, 5.74) is 2.34. The summed E-state index contributed by atoms with van der Waals surface area (Å²) in [6.07, 6.45) is 1.94. The van der Waals surface area contributed by atoms with Crippen molar-refractivity contribution in [1.82, 2.24) is 8.69 Å². The van der Waals surface area contributed by atoms with Crippen LogP contribution in [0.5, 0.6) is 0 Å². The Morgan fingerprint density at radius 3 is 2.19 bits per heavy atom. The highest BCUT2D eigenvalue weighted by Crippen LogP contribution is 2.24. The van der Waals surface area contributed by atoms with Gasteiger partial charge >= 0.3 is 0 Å². The molecule has 0 amide bonds. The molecule has 0 radical (unpaired) electrons. The van der Waals surface area contributed by atoms with Gasteiger partial charge < -0.3 is 0 Å². The zero-order valence-electron chi connectivity index (χ0n) is 17.2. The number of hydrogen-bond acceptors (Lipinski definition) is 4. The summed E-state index contributed by atoms with van der Waals surface area (Å²) in [5, 5.41) is 1.24. The van der Waals surface area contributed by atoms with E-state index in [1.807, 2.05) is 19.1 Å². The topological polar surface area (TPSA) is 85.2 Å². The van der Waals surface area contributed by atoms with Crippen molar-refractivity contribution in [2.45, 2.75) is 23.1 Å². The van der Waals surface area contributed by atoms with E-state index in [9.17, 15) is 16.8 Å². The molecule has 0 atom stereocenters. The number of aromatic nitrogens is 1. The van der Waals surface area contributed by atoms with E-state index in [0.29, 0.717) is 17.0 Å². The molecule has 6 nitrogen and oxygen atoms in total. The van der Waals surface area contributed by atoms with Crippen molar-refractivity contribution >= 4 is 42.6 Å². The van der Waals surface area contributed by atoms with Crippen LogP contribution in [0.2, 0.25) is 5.02 Å². The molecule has 0 aliphatic carbocycles. The second kappa shape index (κ2) is 8.71. The van der Waals surface area contributed by atoms with Gasteiger partial charge in [-0.15, -0.1) is 0 Å². The van der Waals surface area contributed by atoms with Crippen LogP contribution < -0.4 is 4.72 Å². The largest absolute Gasteiger partial charge is 0.268 e. The number of rotatable bonds is 7. The van der Waals surface area contributed by atoms with E-state index in [1.165, 1.54) is 34.4 Å². The lowest BCUT2D eigenvalue weighted by Crippen LogP contribution is -2.26. The van der Waals surface area contributed by atoms with E-state index in [1.54, 1.807) is 36.4 Å². The molecular weight excluding hydrogens is 468 g/mol. The van der Waals surface area contributed by atoms with Crippen LogP contribution >= 0.6 is 11.6 Å². The molecule has 4 aromatic rings. The van der Waals surface area contributed by atoms with Crippen LogP contribution in [0.3, 0.4) is 0 Å². The highest BCUT2D eigenvalue weighted by molar-refractivity contribution is 7.90. The Balaban J connectivity index is 1.55. The van der Waals surface area contributed by atoms with Crippen LogP contribution in [-0.2, 0) is 26.5 Å². The van der Waals surface area contributed by atoms with Crippen LogP contribution in [0.25, 0.3) is 10.9 Å². The maximum atomic E-state index is 13.1. The van der Waals surface area contributed by atoms with Gasteiger partial charge in [-0.25, -0.2) is 25.5 Å². The van der Waals surface area contributed by atoms with Gasteiger partial charge in [-0.3, -0.25) is 0 Å². The number of nitrogens with zero attached hydrogens (tertiary/aromatic N) is 1. The van der Waals surface area contributed by atoms with Crippen LogP contribution in [0, 0.1) is 6.92 Å². The lowest BCUT2D eigenvalue weighted by molar-refractivity contribution is 0.581. The Morgan fingerprint density at radius 2 is 1.50 bits per heavy atom. The molecule has 0 fully saturated rings. The van der Waals surface area contributed by atoms with E-state index in [4.69, 9.17) is 11.6 Å². The first-order valence-corrected chi connectivity index (χ1v) is 13.1. The number of hydrogen-bond donors (Lipinski definition) is 1. The van der Waals surface area contributed by atoms with E-state index in [2.05, 4.69) is 4.72 Å². The minimum absolute atomic E-state index is 0.135. The number of benzene rings is 3. The lowest BCUT2D eigenvalue weighted by Gasteiger charge is -2.10. The Kier molecular flexibility index (Phi) is 6.13. The van der Waals surface area contributed by atoms with Crippen molar-refractivity contribution in [2.24, 2.45) is 0 Å². The summed E-state index contributed by atoms with van der Waals surface area (Å²) in [4.78, 5) is 0.345. The second-order valence-corrected chi connectivity index (χ2v) is 11.4. The summed E-state index contributed by atoms with van der Waals surface area (Å²) in [6.45, 7) is 2.07. The molecule has 1 N–H and O–H groups in total. The number of nitrogens with one attached hydrogen (secondary N) is 1. The lowest BCUT2D eigenvalue weighted by atomic mass is 10.1. The maximum Gasteiger partial charge on any atom is 0.268 e. The molecule has 0 saturated heterocycles. The minimum atomic E-state index is -3.74. The Morgan fingerprint density at radius 1 is 0.844 bits per heavy atom. The zero-order chi connectivity index (χ0) is 22.9. The van der Waals surface area contributed by atoms with Gasteiger partial charge in [0.25, 0.3) is 10.0 Å². The molecule has 0 saturated carbocycles. The van der Waals surface area contributed by atoms with Crippen molar-refractivity contribution < 1.29 is 16.8 Å². The second-order valence-electron chi connectivity index (χ2n) is 7.42. The van der Waals surface area contributed by atoms with Gasteiger partial charge in [0, 0.05) is 23.2 Å². The van der Waals surface area contributed by atoms with Crippen LogP contribution in [-0.4, -0.2) is 27.4 Å². The van der Waals surface area contributed by atoms with Gasteiger partial charge in [0.1, 0.15) is 0 Å². The van der Waals surface area contributed by atoms with Gasteiger partial charge in [0.15, 0.2) is 0 Å². The molecule has 0 aliphatic heterocycles. The molecule has 4 rings (SSSR count). The third-order valence-corrected chi connectivity index (χ3v) is 8.56. The van der Waals surface area contributed by atoms with Crippen molar-refractivity contribution in [3.8, 4) is 0 Å². The molecule has 1 aromatic heterocycles. The van der Waals surface area contributed by atoms with Crippen LogP contribution in [0.1, 0.15) is 11.1 Å². The summed E-state index contributed by atoms with van der Waals surface area (Å²) >= 11 is 5.82. The van der Waals surface area contributed by atoms with E-state index in [0.717, 1.165) is 16.5 Å². The first-order chi connectivity index (χ1) is 15.2. The van der Waals surface area contributed by atoms with E-state index < -0.39 is 20.0 Å². The molecule has 1 heterocycles. The van der Waals surface area contributed by atoms with Gasteiger partial charge in [0.2, 0.25) is 10.0 Å².